The fourth-order valence-electron chi connectivity index (χ4n) is 4.12. The molecule has 0 unspecified atom stereocenters. The third-order valence-electron chi connectivity index (χ3n) is 5.80. The van der Waals surface area contributed by atoms with E-state index in [9.17, 15) is 14.4 Å². The van der Waals surface area contributed by atoms with Crippen molar-refractivity contribution < 1.29 is 14.4 Å². The third-order valence-corrected chi connectivity index (χ3v) is 5.80. The van der Waals surface area contributed by atoms with Gasteiger partial charge < -0.3 is 14.8 Å². The van der Waals surface area contributed by atoms with Gasteiger partial charge in [0.15, 0.2) is 0 Å². The summed E-state index contributed by atoms with van der Waals surface area (Å²) in [6.45, 7) is 2.13. The summed E-state index contributed by atoms with van der Waals surface area (Å²) < 4.78 is 1.79. The van der Waals surface area contributed by atoms with E-state index in [2.05, 4.69) is 5.32 Å². The summed E-state index contributed by atoms with van der Waals surface area (Å²) in [6, 6.07) is 17.2. The number of amides is 2. The monoisotopic (exact) mass is 417 g/mol. The molecular formula is C25H27N3O3. The molecule has 1 fully saturated rings. The third kappa shape index (κ3) is 4.85. The molecule has 0 radical (unpaired) electrons. The lowest BCUT2D eigenvalue weighted by molar-refractivity contribution is -0.132. The molecule has 31 heavy (non-hydrogen) atoms. The van der Waals surface area contributed by atoms with E-state index in [4.69, 9.17) is 0 Å². The van der Waals surface area contributed by atoms with E-state index in [1.165, 1.54) is 0 Å². The summed E-state index contributed by atoms with van der Waals surface area (Å²) in [5.41, 5.74) is 2.22. The van der Waals surface area contributed by atoms with E-state index >= 15 is 0 Å². The van der Waals surface area contributed by atoms with E-state index in [1.54, 1.807) is 10.8 Å². The number of carbonyl (C=O) groups excluding carboxylic acids is 3. The van der Waals surface area contributed by atoms with Gasteiger partial charge in [0.05, 0.1) is 5.56 Å². The van der Waals surface area contributed by atoms with E-state index in [0.717, 1.165) is 43.4 Å². The molecule has 1 N–H and O–H groups in total. The highest BCUT2D eigenvalue weighted by Gasteiger charge is 2.23. The molecule has 160 valence electrons. The van der Waals surface area contributed by atoms with Gasteiger partial charge in [0.25, 0.3) is 11.7 Å². The van der Waals surface area contributed by atoms with Gasteiger partial charge in [0.1, 0.15) is 6.54 Å². The van der Waals surface area contributed by atoms with Crippen molar-refractivity contribution in [2.45, 2.75) is 32.2 Å². The van der Waals surface area contributed by atoms with Crippen molar-refractivity contribution in [1.82, 2.24) is 14.8 Å². The zero-order valence-corrected chi connectivity index (χ0v) is 17.5. The Morgan fingerprint density at radius 3 is 2.35 bits per heavy atom. The molecule has 3 aromatic rings. The minimum atomic E-state index is -0.624. The first kappa shape index (κ1) is 20.8. The first-order valence-corrected chi connectivity index (χ1v) is 10.9. The predicted octanol–water partition coefficient (Wildman–Crippen LogP) is 3.20. The highest BCUT2D eigenvalue weighted by Crippen LogP contribution is 2.22. The molecule has 2 aromatic carbocycles. The van der Waals surface area contributed by atoms with Crippen LogP contribution in [0.1, 0.15) is 35.2 Å². The first-order valence-electron chi connectivity index (χ1n) is 10.9. The maximum atomic E-state index is 12.9. The van der Waals surface area contributed by atoms with Crippen molar-refractivity contribution in [2.24, 2.45) is 0 Å². The molecular weight excluding hydrogens is 390 g/mol. The fraction of sp³-hybridized carbons (Fsp3) is 0.320. The molecule has 4 rings (SSSR count). The molecule has 1 aliphatic heterocycles. The molecule has 6 heteroatoms. The molecule has 0 atom stereocenters. The number of ketones is 1. The number of para-hydroxylation sites is 1. The summed E-state index contributed by atoms with van der Waals surface area (Å²) in [7, 11) is 0. The molecule has 1 aliphatic rings. The van der Waals surface area contributed by atoms with Crippen LogP contribution in [0.5, 0.6) is 0 Å². The lowest BCUT2D eigenvalue weighted by Gasteiger charge is -2.27. The van der Waals surface area contributed by atoms with Crippen LogP contribution in [-0.4, -0.2) is 46.7 Å². The highest BCUT2D eigenvalue weighted by molar-refractivity contribution is 6.45. The van der Waals surface area contributed by atoms with Crippen LogP contribution < -0.4 is 5.32 Å². The SMILES string of the molecule is O=C(NCCc1ccccc1)C(=O)c1cn(CC(=O)N2CCCCC2)c2ccccc12. The second-order valence-corrected chi connectivity index (χ2v) is 7.95. The largest absolute Gasteiger partial charge is 0.349 e. The second kappa shape index (κ2) is 9.60. The Hall–Kier alpha value is -3.41. The molecule has 2 heterocycles. The van der Waals surface area contributed by atoms with Gasteiger partial charge in [-0.15, -0.1) is 0 Å². The lowest BCUT2D eigenvalue weighted by atomic mass is 10.1. The molecule has 0 bridgehead atoms. The van der Waals surface area contributed by atoms with Crippen molar-refractivity contribution in [3.05, 3.63) is 71.9 Å². The highest BCUT2D eigenvalue weighted by atomic mass is 16.2. The Balaban J connectivity index is 1.47. The Kier molecular flexibility index (Phi) is 6.46. The summed E-state index contributed by atoms with van der Waals surface area (Å²) in [4.78, 5) is 40.0. The van der Waals surface area contributed by atoms with Crippen molar-refractivity contribution in [3.63, 3.8) is 0 Å². The number of carbonyl (C=O) groups is 3. The van der Waals surface area contributed by atoms with E-state index < -0.39 is 11.7 Å². The van der Waals surface area contributed by atoms with Gasteiger partial charge in [-0.05, 0) is 37.3 Å². The Bertz CT molecular complexity index is 1080. The molecule has 1 aromatic heterocycles. The minimum absolute atomic E-state index is 0.0479. The van der Waals surface area contributed by atoms with Gasteiger partial charge in [-0.25, -0.2) is 0 Å². The van der Waals surface area contributed by atoms with Crippen molar-refractivity contribution in [2.75, 3.05) is 19.6 Å². The minimum Gasteiger partial charge on any atom is -0.349 e. The standard InChI is InChI=1S/C25H27N3O3/c29-23(27-15-7-2-8-16-27)18-28-17-21(20-11-5-6-12-22(20)28)24(30)25(31)26-14-13-19-9-3-1-4-10-19/h1,3-6,9-12,17H,2,7-8,13-16,18H2,(H,26,31). The van der Waals surface area contributed by atoms with E-state index in [1.807, 2.05) is 59.5 Å². The zero-order chi connectivity index (χ0) is 21.6. The number of rotatable bonds is 7. The van der Waals surface area contributed by atoms with Gasteiger partial charge in [-0.3, -0.25) is 14.4 Å². The summed E-state index contributed by atoms with van der Waals surface area (Å²) in [6.07, 6.45) is 5.53. The Morgan fingerprint density at radius 2 is 1.58 bits per heavy atom. The Labute approximate surface area is 181 Å². The number of benzene rings is 2. The second-order valence-electron chi connectivity index (χ2n) is 7.95. The van der Waals surface area contributed by atoms with Crippen molar-refractivity contribution >= 4 is 28.5 Å². The summed E-state index contributed by atoms with van der Waals surface area (Å²) in [5.74, 6) is -1.15. The smallest absolute Gasteiger partial charge is 0.292 e. The van der Waals surface area contributed by atoms with Crippen LogP contribution in [0, 0.1) is 0 Å². The molecule has 0 saturated carbocycles. The predicted molar refractivity (Wildman–Crippen MR) is 120 cm³/mol. The Morgan fingerprint density at radius 1 is 0.871 bits per heavy atom. The fourth-order valence-corrected chi connectivity index (χ4v) is 4.12. The van der Waals surface area contributed by atoms with Gasteiger partial charge in [-0.1, -0.05) is 48.5 Å². The summed E-state index contributed by atoms with van der Waals surface area (Å²) in [5, 5.41) is 3.41. The van der Waals surface area contributed by atoms with Gasteiger partial charge in [-0.2, -0.15) is 0 Å². The average molecular weight is 418 g/mol. The van der Waals surface area contributed by atoms with E-state index in [0.29, 0.717) is 23.9 Å². The normalized spacial score (nSPS) is 13.9. The number of hydrogen-bond acceptors (Lipinski definition) is 3. The molecule has 1 saturated heterocycles. The quantitative estimate of drug-likeness (QED) is 0.474. The van der Waals surface area contributed by atoms with Crippen LogP contribution in [0.4, 0.5) is 0 Å². The van der Waals surface area contributed by atoms with Gasteiger partial charge >= 0.3 is 0 Å². The van der Waals surface area contributed by atoms with Gasteiger partial charge in [0, 0.05) is 36.7 Å². The van der Waals surface area contributed by atoms with Crippen LogP contribution in [0.15, 0.2) is 60.8 Å². The summed E-state index contributed by atoms with van der Waals surface area (Å²) >= 11 is 0. The van der Waals surface area contributed by atoms with Crippen molar-refractivity contribution in [1.29, 1.82) is 0 Å². The molecule has 0 aliphatic carbocycles. The van der Waals surface area contributed by atoms with Crippen LogP contribution >= 0.6 is 0 Å². The number of aromatic nitrogens is 1. The number of hydrogen-bond donors (Lipinski definition) is 1. The number of piperidine rings is 1. The van der Waals surface area contributed by atoms with Crippen LogP contribution in [0.25, 0.3) is 10.9 Å². The van der Waals surface area contributed by atoms with E-state index in [-0.39, 0.29) is 12.5 Å². The van der Waals surface area contributed by atoms with Gasteiger partial charge in [0.2, 0.25) is 5.91 Å². The van der Waals surface area contributed by atoms with Crippen LogP contribution in [0.2, 0.25) is 0 Å². The first-order chi connectivity index (χ1) is 15.1. The maximum Gasteiger partial charge on any atom is 0.292 e. The topological polar surface area (TPSA) is 71.4 Å². The molecule has 2 amide bonds. The number of Topliss-reactive ketones (excluding diaryl/α,β-unsaturated/α-hetero) is 1. The average Bonchev–Trinajstić information content (AvgIpc) is 3.18. The number of nitrogens with one attached hydrogen (secondary N) is 1. The van der Waals surface area contributed by atoms with Crippen LogP contribution in [-0.2, 0) is 22.6 Å². The zero-order valence-electron chi connectivity index (χ0n) is 17.5. The van der Waals surface area contributed by atoms with Crippen LogP contribution in [0.3, 0.4) is 0 Å². The maximum absolute atomic E-state index is 12.9. The lowest BCUT2D eigenvalue weighted by Crippen LogP contribution is -2.37. The number of fused-ring (bicyclic) bond motifs is 1. The number of nitrogens with zero attached hydrogens (tertiary/aromatic N) is 2. The molecule has 6 nitrogen and oxygen atoms in total. The number of likely N-dealkylation sites (tertiary alicyclic amines) is 1. The molecule has 0 spiro atoms. The van der Waals surface area contributed by atoms with Crippen molar-refractivity contribution in [3.8, 4) is 0 Å².